The molecule has 1 aliphatic heterocycles. The topological polar surface area (TPSA) is 19.4 Å². The van der Waals surface area contributed by atoms with E-state index in [0.29, 0.717) is 5.15 Å². The van der Waals surface area contributed by atoms with Gasteiger partial charge in [-0.2, -0.15) is 0 Å². The van der Waals surface area contributed by atoms with E-state index in [1.807, 2.05) is 24.4 Å². The van der Waals surface area contributed by atoms with Crippen LogP contribution in [0.4, 0.5) is 15.8 Å². The SMILES string of the molecule is Cc1cc(Cl)ncc1N1CCN(c2ccc(F)cc2)CC1. The van der Waals surface area contributed by atoms with E-state index in [9.17, 15) is 4.39 Å². The summed E-state index contributed by atoms with van der Waals surface area (Å²) in [6.07, 6.45) is 1.84. The lowest BCUT2D eigenvalue weighted by Gasteiger charge is -2.37. The number of hydrogen-bond donors (Lipinski definition) is 0. The molecule has 1 aromatic carbocycles. The Hall–Kier alpha value is -1.81. The zero-order valence-corrected chi connectivity index (χ0v) is 12.6. The van der Waals surface area contributed by atoms with Crippen molar-refractivity contribution in [2.24, 2.45) is 0 Å². The number of anilines is 2. The molecule has 1 aliphatic rings. The summed E-state index contributed by atoms with van der Waals surface area (Å²) in [5.74, 6) is -0.194. The second-order valence-electron chi connectivity index (χ2n) is 5.24. The van der Waals surface area contributed by atoms with Gasteiger partial charge >= 0.3 is 0 Å². The van der Waals surface area contributed by atoms with Crippen LogP contribution in [0.5, 0.6) is 0 Å². The highest BCUT2D eigenvalue weighted by molar-refractivity contribution is 6.29. The highest BCUT2D eigenvalue weighted by Crippen LogP contribution is 2.24. The molecular weight excluding hydrogens is 289 g/mol. The second-order valence-corrected chi connectivity index (χ2v) is 5.63. The average Bonchev–Trinajstić information content (AvgIpc) is 2.48. The van der Waals surface area contributed by atoms with Crippen LogP contribution in [0.15, 0.2) is 36.5 Å². The average molecular weight is 306 g/mol. The number of aryl methyl sites for hydroxylation is 1. The van der Waals surface area contributed by atoms with E-state index < -0.39 is 0 Å². The normalized spacial score (nSPS) is 15.4. The van der Waals surface area contributed by atoms with E-state index in [-0.39, 0.29) is 5.82 Å². The zero-order chi connectivity index (χ0) is 14.8. The first-order chi connectivity index (χ1) is 10.1. The van der Waals surface area contributed by atoms with Crippen molar-refractivity contribution in [3.63, 3.8) is 0 Å². The van der Waals surface area contributed by atoms with Gasteiger partial charge in [0.2, 0.25) is 0 Å². The summed E-state index contributed by atoms with van der Waals surface area (Å²) in [6, 6.07) is 8.58. The van der Waals surface area contributed by atoms with Gasteiger partial charge in [-0.05, 0) is 42.8 Å². The molecule has 1 saturated heterocycles. The summed E-state index contributed by atoms with van der Waals surface area (Å²) in [5, 5.41) is 0.529. The lowest BCUT2D eigenvalue weighted by Crippen LogP contribution is -2.46. The lowest BCUT2D eigenvalue weighted by molar-refractivity contribution is 0.624. The van der Waals surface area contributed by atoms with Crippen LogP contribution in [0.1, 0.15) is 5.56 Å². The Morgan fingerprint density at radius 3 is 2.29 bits per heavy atom. The van der Waals surface area contributed by atoms with Gasteiger partial charge in [-0.3, -0.25) is 0 Å². The molecule has 0 atom stereocenters. The third-order valence-electron chi connectivity index (χ3n) is 3.86. The molecule has 2 heterocycles. The maximum Gasteiger partial charge on any atom is 0.129 e. The predicted octanol–water partition coefficient (Wildman–Crippen LogP) is 3.51. The highest BCUT2D eigenvalue weighted by atomic mass is 35.5. The van der Waals surface area contributed by atoms with Crippen molar-refractivity contribution < 1.29 is 4.39 Å². The molecule has 3 nitrogen and oxygen atoms in total. The van der Waals surface area contributed by atoms with E-state index in [2.05, 4.69) is 21.7 Å². The van der Waals surface area contributed by atoms with Crippen LogP contribution in [0.3, 0.4) is 0 Å². The first-order valence-electron chi connectivity index (χ1n) is 7.01. The summed E-state index contributed by atoms with van der Waals surface area (Å²) in [4.78, 5) is 8.76. The second kappa shape index (κ2) is 5.90. The lowest BCUT2D eigenvalue weighted by atomic mass is 10.2. The first-order valence-corrected chi connectivity index (χ1v) is 7.39. The van der Waals surface area contributed by atoms with Crippen molar-refractivity contribution in [2.75, 3.05) is 36.0 Å². The Morgan fingerprint density at radius 1 is 1.05 bits per heavy atom. The third-order valence-corrected chi connectivity index (χ3v) is 4.07. The van der Waals surface area contributed by atoms with Crippen LogP contribution in [0, 0.1) is 12.7 Å². The summed E-state index contributed by atoms with van der Waals surface area (Å²) < 4.78 is 13.0. The maximum absolute atomic E-state index is 13.0. The fourth-order valence-corrected chi connectivity index (χ4v) is 2.92. The zero-order valence-electron chi connectivity index (χ0n) is 11.9. The molecule has 0 aliphatic carbocycles. The van der Waals surface area contributed by atoms with Gasteiger partial charge in [-0.1, -0.05) is 11.6 Å². The number of hydrogen-bond acceptors (Lipinski definition) is 3. The van der Waals surface area contributed by atoms with Crippen molar-refractivity contribution >= 4 is 23.0 Å². The van der Waals surface area contributed by atoms with Crippen molar-refractivity contribution in [3.05, 3.63) is 53.1 Å². The Bertz CT molecular complexity index is 622. The molecule has 0 radical (unpaired) electrons. The maximum atomic E-state index is 13.0. The molecule has 5 heteroatoms. The number of pyridine rings is 1. The molecule has 3 rings (SSSR count). The molecule has 0 N–H and O–H groups in total. The van der Waals surface area contributed by atoms with Crippen molar-refractivity contribution in [2.45, 2.75) is 6.92 Å². The molecular formula is C16H17ClFN3. The molecule has 1 fully saturated rings. The smallest absolute Gasteiger partial charge is 0.129 e. The van der Waals surface area contributed by atoms with Crippen LogP contribution in [0.2, 0.25) is 5.15 Å². The van der Waals surface area contributed by atoms with Gasteiger partial charge in [-0.15, -0.1) is 0 Å². The molecule has 110 valence electrons. The largest absolute Gasteiger partial charge is 0.368 e. The fourth-order valence-electron chi connectivity index (χ4n) is 2.70. The minimum absolute atomic E-state index is 0.194. The van der Waals surface area contributed by atoms with Gasteiger partial charge in [0.25, 0.3) is 0 Å². The molecule has 0 bridgehead atoms. The summed E-state index contributed by atoms with van der Waals surface area (Å²) in [7, 11) is 0. The third kappa shape index (κ3) is 3.10. The van der Waals surface area contributed by atoms with Crippen LogP contribution < -0.4 is 9.80 Å². The van der Waals surface area contributed by atoms with Gasteiger partial charge in [0, 0.05) is 31.9 Å². The number of piperazine rings is 1. The van der Waals surface area contributed by atoms with Crippen LogP contribution >= 0.6 is 11.6 Å². The summed E-state index contributed by atoms with van der Waals surface area (Å²) >= 11 is 5.90. The number of rotatable bonds is 2. The molecule has 21 heavy (non-hydrogen) atoms. The Morgan fingerprint density at radius 2 is 1.67 bits per heavy atom. The molecule has 0 unspecified atom stereocenters. The number of benzene rings is 1. The van der Waals surface area contributed by atoms with E-state index in [0.717, 1.165) is 43.1 Å². The standard InChI is InChI=1S/C16H17ClFN3/c1-12-10-16(17)19-11-15(12)21-8-6-20(7-9-21)14-4-2-13(18)3-5-14/h2-5,10-11H,6-9H2,1H3. The minimum atomic E-state index is -0.194. The number of halogens is 2. The molecule has 0 saturated carbocycles. The number of aromatic nitrogens is 1. The van der Waals surface area contributed by atoms with Crippen molar-refractivity contribution in [1.29, 1.82) is 0 Å². The molecule has 0 spiro atoms. The van der Waals surface area contributed by atoms with E-state index in [1.165, 1.54) is 12.1 Å². The van der Waals surface area contributed by atoms with E-state index in [4.69, 9.17) is 11.6 Å². The van der Waals surface area contributed by atoms with Crippen LogP contribution in [0.25, 0.3) is 0 Å². The van der Waals surface area contributed by atoms with Gasteiger partial charge in [0.15, 0.2) is 0 Å². The minimum Gasteiger partial charge on any atom is -0.368 e. The van der Waals surface area contributed by atoms with Crippen LogP contribution in [-0.2, 0) is 0 Å². The van der Waals surface area contributed by atoms with E-state index >= 15 is 0 Å². The van der Waals surface area contributed by atoms with Crippen molar-refractivity contribution in [3.8, 4) is 0 Å². The van der Waals surface area contributed by atoms with Crippen LogP contribution in [-0.4, -0.2) is 31.2 Å². The molecule has 0 amide bonds. The molecule has 2 aromatic rings. The predicted molar refractivity (Wildman–Crippen MR) is 84.8 cm³/mol. The Labute approximate surface area is 129 Å². The molecule has 1 aromatic heterocycles. The van der Waals surface area contributed by atoms with E-state index in [1.54, 1.807) is 0 Å². The number of nitrogens with zero attached hydrogens (tertiary/aromatic N) is 3. The quantitative estimate of drug-likeness (QED) is 0.792. The Balaban J connectivity index is 1.68. The van der Waals surface area contributed by atoms with Gasteiger partial charge in [-0.25, -0.2) is 9.37 Å². The summed E-state index contributed by atoms with van der Waals surface area (Å²) in [6.45, 7) is 5.71. The van der Waals surface area contributed by atoms with Gasteiger partial charge in [0.05, 0.1) is 11.9 Å². The van der Waals surface area contributed by atoms with Crippen molar-refractivity contribution in [1.82, 2.24) is 4.98 Å². The fraction of sp³-hybridized carbons (Fsp3) is 0.312. The van der Waals surface area contributed by atoms with Gasteiger partial charge in [0.1, 0.15) is 11.0 Å². The highest BCUT2D eigenvalue weighted by Gasteiger charge is 2.19. The summed E-state index contributed by atoms with van der Waals surface area (Å²) in [5.41, 5.74) is 3.35. The monoisotopic (exact) mass is 305 g/mol. The van der Waals surface area contributed by atoms with Gasteiger partial charge < -0.3 is 9.80 Å². The Kier molecular flexibility index (Phi) is 3.97. The first kappa shape index (κ1) is 14.1.